The molecule has 2 heterocycles. The van der Waals surface area contributed by atoms with Gasteiger partial charge in [-0.1, -0.05) is 34.6 Å². The predicted octanol–water partition coefficient (Wildman–Crippen LogP) is 0.731. The van der Waals surface area contributed by atoms with Crippen molar-refractivity contribution >= 4 is 17.8 Å². The Labute approximate surface area is 148 Å². The molecule has 2 aliphatic heterocycles. The summed E-state index contributed by atoms with van der Waals surface area (Å²) in [5.74, 6) is -1.47. The quantitative estimate of drug-likeness (QED) is 0.778. The van der Waals surface area contributed by atoms with Gasteiger partial charge in [0.25, 0.3) is 0 Å². The van der Waals surface area contributed by atoms with E-state index in [2.05, 4.69) is 19.2 Å². The SMILES string of the molecule is CC(C)(C)C(NC(=O)C1COC1)C(=O)N1C[C@H]2[C@@H]([C@H]1C(=O)O)C2(C)C. The maximum absolute atomic E-state index is 13.2. The van der Waals surface area contributed by atoms with E-state index in [-0.39, 0.29) is 35.0 Å². The molecule has 7 heteroatoms. The van der Waals surface area contributed by atoms with Crippen molar-refractivity contribution in [2.45, 2.75) is 46.7 Å². The molecule has 1 saturated carbocycles. The highest BCUT2D eigenvalue weighted by Crippen LogP contribution is 2.65. The van der Waals surface area contributed by atoms with Crippen molar-refractivity contribution < 1.29 is 24.2 Å². The lowest BCUT2D eigenvalue weighted by Crippen LogP contribution is -2.59. The summed E-state index contributed by atoms with van der Waals surface area (Å²) in [6.07, 6.45) is 0. The third kappa shape index (κ3) is 2.92. The van der Waals surface area contributed by atoms with E-state index in [4.69, 9.17) is 4.74 Å². The van der Waals surface area contributed by atoms with Gasteiger partial charge < -0.3 is 20.1 Å². The third-order valence-electron chi connectivity index (χ3n) is 6.15. The van der Waals surface area contributed by atoms with Gasteiger partial charge >= 0.3 is 5.97 Å². The summed E-state index contributed by atoms with van der Waals surface area (Å²) < 4.78 is 5.04. The number of fused-ring (bicyclic) bond motifs is 1. The highest BCUT2D eigenvalue weighted by atomic mass is 16.5. The summed E-state index contributed by atoms with van der Waals surface area (Å²) >= 11 is 0. The molecule has 140 valence electrons. The fraction of sp³-hybridized carbons (Fsp3) is 0.833. The first-order valence-corrected chi connectivity index (χ1v) is 8.87. The summed E-state index contributed by atoms with van der Waals surface area (Å²) in [5.41, 5.74) is -0.549. The van der Waals surface area contributed by atoms with E-state index in [0.29, 0.717) is 19.8 Å². The fourth-order valence-electron chi connectivity index (χ4n) is 4.26. The minimum Gasteiger partial charge on any atom is -0.480 e. The van der Waals surface area contributed by atoms with E-state index in [1.165, 1.54) is 4.90 Å². The molecule has 3 aliphatic rings. The van der Waals surface area contributed by atoms with Gasteiger partial charge in [-0.05, 0) is 16.7 Å². The van der Waals surface area contributed by atoms with E-state index >= 15 is 0 Å². The van der Waals surface area contributed by atoms with Crippen LogP contribution in [0.4, 0.5) is 0 Å². The van der Waals surface area contributed by atoms with Crippen LogP contribution in [-0.4, -0.2) is 59.6 Å². The van der Waals surface area contributed by atoms with Gasteiger partial charge in [0.05, 0.1) is 19.1 Å². The normalized spacial score (nSPS) is 31.7. The van der Waals surface area contributed by atoms with Crippen molar-refractivity contribution in [3.63, 3.8) is 0 Å². The number of piperidine rings is 1. The Morgan fingerprint density at radius 3 is 2.28 bits per heavy atom. The van der Waals surface area contributed by atoms with Crippen molar-refractivity contribution in [2.24, 2.45) is 28.6 Å². The number of carbonyl (C=O) groups excluding carboxylic acids is 2. The Kier molecular flexibility index (Phi) is 4.14. The van der Waals surface area contributed by atoms with Gasteiger partial charge in [0.2, 0.25) is 11.8 Å². The number of aliphatic carboxylic acids is 1. The lowest BCUT2D eigenvalue weighted by atomic mass is 9.84. The summed E-state index contributed by atoms with van der Waals surface area (Å²) in [5, 5.41) is 12.5. The zero-order valence-corrected chi connectivity index (χ0v) is 15.5. The van der Waals surface area contributed by atoms with Gasteiger partial charge in [0.1, 0.15) is 12.1 Å². The van der Waals surface area contributed by atoms with E-state index in [1.807, 2.05) is 20.8 Å². The number of nitrogens with zero attached hydrogens (tertiary/aromatic N) is 1. The second-order valence-corrected chi connectivity index (χ2v) is 9.27. The molecule has 2 N–H and O–H groups in total. The Morgan fingerprint density at radius 1 is 1.24 bits per heavy atom. The number of amides is 2. The van der Waals surface area contributed by atoms with E-state index in [1.54, 1.807) is 0 Å². The first-order valence-electron chi connectivity index (χ1n) is 8.87. The first kappa shape index (κ1) is 18.2. The molecule has 25 heavy (non-hydrogen) atoms. The van der Waals surface area contributed by atoms with Crippen LogP contribution >= 0.6 is 0 Å². The van der Waals surface area contributed by atoms with Gasteiger partial charge in [-0.2, -0.15) is 0 Å². The Balaban J connectivity index is 1.78. The highest BCUT2D eigenvalue weighted by molar-refractivity contribution is 5.92. The summed E-state index contributed by atoms with van der Waals surface area (Å²) in [4.78, 5) is 38.8. The van der Waals surface area contributed by atoms with E-state index in [0.717, 1.165) is 0 Å². The molecule has 0 aromatic heterocycles. The van der Waals surface area contributed by atoms with Gasteiger partial charge in [-0.15, -0.1) is 0 Å². The summed E-state index contributed by atoms with van der Waals surface area (Å²) in [6, 6.07) is -1.55. The standard InChI is InChI=1S/C18H28N2O5/c1-17(2,3)13(19-14(21)9-7-25-8-9)15(22)20-6-10-11(18(10,4)5)12(20)16(23)24/h9-13H,6-8H2,1-5H3,(H,19,21)(H,23,24)/t10-,11-,12-,13?/m0/s1. The van der Waals surface area contributed by atoms with Crippen LogP contribution in [0.3, 0.4) is 0 Å². The van der Waals surface area contributed by atoms with Crippen LogP contribution in [0, 0.1) is 28.6 Å². The Morgan fingerprint density at radius 2 is 1.84 bits per heavy atom. The molecule has 0 bridgehead atoms. The molecule has 0 aromatic rings. The second kappa shape index (κ2) is 5.69. The molecule has 0 radical (unpaired) electrons. The number of hydrogen-bond donors (Lipinski definition) is 2. The van der Waals surface area contributed by atoms with E-state index < -0.39 is 23.5 Å². The van der Waals surface area contributed by atoms with Crippen molar-refractivity contribution in [2.75, 3.05) is 19.8 Å². The van der Waals surface area contributed by atoms with Crippen LogP contribution in [-0.2, 0) is 19.1 Å². The maximum Gasteiger partial charge on any atom is 0.326 e. The highest BCUT2D eigenvalue weighted by Gasteiger charge is 2.70. The van der Waals surface area contributed by atoms with Crippen LogP contribution in [0.1, 0.15) is 34.6 Å². The smallest absolute Gasteiger partial charge is 0.326 e. The lowest BCUT2D eigenvalue weighted by Gasteiger charge is -2.38. The molecule has 3 fully saturated rings. The average Bonchev–Trinajstić information content (AvgIpc) is 2.82. The largest absolute Gasteiger partial charge is 0.480 e. The van der Waals surface area contributed by atoms with E-state index in [9.17, 15) is 19.5 Å². The maximum atomic E-state index is 13.2. The van der Waals surface area contributed by atoms with Gasteiger partial charge in [0.15, 0.2) is 0 Å². The summed E-state index contributed by atoms with van der Waals surface area (Å²) in [7, 11) is 0. The molecule has 1 aliphatic carbocycles. The van der Waals surface area contributed by atoms with Crippen molar-refractivity contribution in [3.8, 4) is 0 Å². The lowest BCUT2D eigenvalue weighted by molar-refractivity contribution is -0.154. The molecule has 4 atom stereocenters. The number of ether oxygens (including phenoxy) is 1. The fourth-order valence-corrected chi connectivity index (χ4v) is 4.26. The van der Waals surface area contributed by atoms with Crippen molar-refractivity contribution in [1.29, 1.82) is 0 Å². The molecular weight excluding hydrogens is 324 g/mol. The molecule has 2 amide bonds. The van der Waals surface area contributed by atoms with Crippen LogP contribution in [0.5, 0.6) is 0 Å². The topological polar surface area (TPSA) is 95.9 Å². The van der Waals surface area contributed by atoms with Crippen LogP contribution in [0.2, 0.25) is 0 Å². The monoisotopic (exact) mass is 352 g/mol. The number of rotatable bonds is 4. The van der Waals surface area contributed by atoms with Crippen LogP contribution in [0.15, 0.2) is 0 Å². The van der Waals surface area contributed by atoms with Gasteiger partial charge in [0, 0.05) is 12.5 Å². The summed E-state index contributed by atoms with van der Waals surface area (Å²) in [6.45, 7) is 10.9. The zero-order chi connectivity index (χ0) is 18.7. The van der Waals surface area contributed by atoms with Crippen molar-refractivity contribution in [1.82, 2.24) is 10.2 Å². The number of hydrogen-bond acceptors (Lipinski definition) is 4. The molecule has 0 spiro atoms. The molecule has 0 aromatic carbocycles. The van der Waals surface area contributed by atoms with Crippen LogP contribution < -0.4 is 5.32 Å². The predicted molar refractivity (Wildman–Crippen MR) is 89.6 cm³/mol. The number of carboxylic acids is 1. The molecule has 2 saturated heterocycles. The Bertz CT molecular complexity index is 605. The second-order valence-electron chi connectivity index (χ2n) is 9.27. The van der Waals surface area contributed by atoms with Gasteiger partial charge in [-0.3, -0.25) is 9.59 Å². The minimum absolute atomic E-state index is 0.00898. The zero-order valence-electron chi connectivity index (χ0n) is 15.5. The number of nitrogens with one attached hydrogen (secondary N) is 1. The third-order valence-corrected chi connectivity index (χ3v) is 6.15. The number of carboxylic acid groups (broad SMARTS) is 1. The minimum atomic E-state index is -0.960. The molecule has 7 nitrogen and oxygen atoms in total. The number of carbonyl (C=O) groups is 3. The first-order chi connectivity index (χ1) is 11.5. The molecule has 3 rings (SSSR count). The van der Waals surface area contributed by atoms with Gasteiger partial charge in [-0.25, -0.2) is 4.79 Å². The molecular formula is C18H28N2O5. The molecule has 1 unspecified atom stereocenters. The van der Waals surface area contributed by atoms with Crippen LogP contribution in [0.25, 0.3) is 0 Å². The number of likely N-dealkylation sites (tertiary alicyclic amines) is 1. The Hall–Kier alpha value is -1.63. The van der Waals surface area contributed by atoms with Crippen molar-refractivity contribution in [3.05, 3.63) is 0 Å². The average molecular weight is 352 g/mol.